The molecule has 1 fully saturated rings. The molecular weight excluding hydrogens is 290 g/mol. The summed E-state index contributed by atoms with van der Waals surface area (Å²) in [5.41, 5.74) is 0.914. The molecule has 0 amide bonds. The summed E-state index contributed by atoms with van der Waals surface area (Å²) in [6.07, 6.45) is 1.30. The number of piperidine rings is 1. The van der Waals surface area contributed by atoms with Crippen molar-refractivity contribution in [2.75, 3.05) is 20.2 Å². The van der Waals surface area contributed by atoms with E-state index >= 15 is 0 Å². The first kappa shape index (κ1) is 16.0. The molecule has 1 aromatic heterocycles. The number of rotatable bonds is 4. The Hall–Kier alpha value is -1.88. The number of nitrogens with zero attached hydrogens (tertiary/aromatic N) is 3. The van der Waals surface area contributed by atoms with E-state index in [2.05, 4.69) is 35.9 Å². The molecule has 1 saturated heterocycles. The van der Waals surface area contributed by atoms with Crippen molar-refractivity contribution in [2.45, 2.75) is 33.2 Å². The van der Waals surface area contributed by atoms with E-state index in [9.17, 15) is 0 Å². The Kier molecular flexibility index (Phi) is 4.66. The van der Waals surface area contributed by atoms with Gasteiger partial charge in [0, 0.05) is 18.7 Å². The molecule has 2 aromatic rings. The Bertz CT molecular complexity index is 628. The summed E-state index contributed by atoms with van der Waals surface area (Å²) in [5.74, 6) is 3.50. The van der Waals surface area contributed by atoms with Gasteiger partial charge in [-0.15, -0.1) is 10.2 Å². The predicted molar refractivity (Wildman–Crippen MR) is 89.2 cm³/mol. The SMILES string of the molecule is COc1ccc(-c2nnc([C@@H](C)N3C[C@H](C)C[C@H](C)C3)o2)cc1. The Morgan fingerprint density at radius 2 is 1.78 bits per heavy atom. The van der Waals surface area contributed by atoms with Crippen LogP contribution in [-0.4, -0.2) is 35.3 Å². The molecule has 1 aromatic carbocycles. The third kappa shape index (κ3) is 3.55. The van der Waals surface area contributed by atoms with Crippen LogP contribution in [0.1, 0.15) is 39.1 Å². The van der Waals surface area contributed by atoms with Crippen molar-refractivity contribution >= 4 is 0 Å². The molecule has 0 unspecified atom stereocenters. The lowest BCUT2D eigenvalue weighted by Crippen LogP contribution is -2.40. The van der Waals surface area contributed by atoms with Gasteiger partial charge in [0.2, 0.25) is 11.8 Å². The molecule has 1 aliphatic heterocycles. The molecule has 5 nitrogen and oxygen atoms in total. The smallest absolute Gasteiger partial charge is 0.247 e. The number of ether oxygens (including phenoxy) is 1. The van der Waals surface area contributed by atoms with Gasteiger partial charge in [0.05, 0.1) is 13.2 Å². The third-order valence-electron chi connectivity index (χ3n) is 4.58. The van der Waals surface area contributed by atoms with Crippen molar-refractivity contribution in [3.8, 4) is 17.2 Å². The van der Waals surface area contributed by atoms with Crippen LogP contribution in [0.3, 0.4) is 0 Å². The van der Waals surface area contributed by atoms with Crippen LogP contribution in [0.5, 0.6) is 5.75 Å². The lowest BCUT2D eigenvalue weighted by Gasteiger charge is -2.37. The van der Waals surface area contributed by atoms with Crippen LogP contribution in [0.4, 0.5) is 0 Å². The fraction of sp³-hybridized carbons (Fsp3) is 0.556. The van der Waals surface area contributed by atoms with Gasteiger partial charge in [-0.05, 0) is 49.4 Å². The maximum Gasteiger partial charge on any atom is 0.247 e. The van der Waals surface area contributed by atoms with Crippen molar-refractivity contribution in [3.05, 3.63) is 30.2 Å². The van der Waals surface area contributed by atoms with E-state index < -0.39 is 0 Å². The topological polar surface area (TPSA) is 51.4 Å². The van der Waals surface area contributed by atoms with Gasteiger partial charge in [-0.2, -0.15) is 0 Å². The highest BCUT2D eigenvalue weighted by atomic mass is 16.5. The van der Waals surface area contributed by atoms with E-state index in [1.807, 2.05) is 24.3 Å². The highest BCUT2D eigenvalue weighted by Crippen LogP contribution is 2.30. The van der Waals surface area contributed by atoms with E-state index in [1.165, 1.54) is 6.42 Å². The zero-order valence-electron chi connectivity index (χ0n) is 14.3. The summed E-state index contributed by atoms with van der Waals surface area (Å²) in [6, 6.07) is 7.82. The first-order valence-corrected chi connectivity index (χ1v) is 8.28. The Morgan fingerprint density at radius 1 is 1.13 bits per heavy atom. The lowest BCUT2D eigenvalue weighted by atomic mass is 9.91. The van der Waals surface area contributed by atoms with Crippen LogP contribution in [0, 0.1) is 11.8 Å². The quantitative estimate of drug-likeness (QED) is 0.859. The number of methoxy groups -OCH3 is 1. The van der Waals surface area contributed by atoms with E-state index in [-0.39, 0.29) is 6.04 Å². The predicted octanol–water partition coefficient (Wildman–Crippen LogP) is 3.78. The van der Waals surface area contributed by atoms with Crippen LogP contribution in [-0.2, 0) is 0 Å². The molecule has 0 bridgehead atoms. The van der Waals surface area contributed by atoms with Crippen LogP contribution in [0.25, 0.3) is 11.5 Å². The molecule has 2 heterocycles. The minimum Gasteiger partial charge on any atom is -0.497 e. The molecule has 0 aliphatic carbocycles. The van der Waals surface area contributed by atoms with E-state index in [4.69, 9.17) is 9.15 Å². The second-order valence-electron chi connectivity index (χ2n) is 6.75. The van der Waals surface area contributed by atoms with Crippen LogP contribution in [0.15, 0.2) is 28.7 Å². The van der Waals surface area contributed by atoms with Crippen molar-refractivity contribution in [2.24, 2.45) is 11.8 Å². The average molecular weight is 315 g/mol. The van der Waals surface area contributed by atoms with Crippen molar-refractivity contribution in [1.82, 2.24) is 15.1 Å². The highest BCUT2D eigenvalue weighted by molar-refractivity contribution is 5.53. The van der Waals surface area contributed by atoms with E-state index in [0.29, 0.717) is 23.6 Å². The maximum atomic E-state index is 5.92. The zero-order chi connectivity index (χ0) is 16.4. The second-order valence-corrected chi connectivity index (χ2v) is 6.75. The largest absolute Gasteiger partial charge is 0.497 e. The Labute approximate surface area is 137 Å². The Morgan fingerprint density at radius 3 is 2.39 bits per heavy atom. The molecule has 124 valence electrons. The summed E-state index contributed by atoms with van der Waals surface area (Å²) >= 11 is 0. The van der Waals surface area contributed by atoms with Gasteiger partial charge in [-0.1, -0.05) is 13.8 Å². The van der Waals surface area contributed by atoms with Gasteiger partial charge in [0.15, 0.2) is 0 Å². The van der Waals surface area contributed by atoms with Crippen molar-refractivity contribution in [3.63, 3.8) is 0 Å². The van der Waals surface area contributed by atoms with Crippen LogP contribution < -0.4 is 4.74 Å². The van der Waals surface area contributed by atoms with Gasteiger partial charge in [-0.25, -0.2) is 0 Å². The van der Waals surface area contributed by atoms with Crippen molar-refractivity contribution < 1.29 is 9.15 Å². The fourth-order valence-electron chi connectivity index (χ4n) is 3.44. The number of hydrogen-bond acceptors (Lipinski definition) is 5. The molecule has 0 N–H and O–H groups in total. The summed E-state index contributed by atoms with van der Waals surface area (Å²) in [4.78, 5) is 2.45. The molecule has 5 heteroatoms. The fourth-order valence-corrected chi connectivity index (χ4v) is 3.44. The van der Waals surface area contributed by atoms with Crippen LogP contribution >= 0.6 is 0 Å². The highest BCUT2D eigenvalue weighted by Gasteiger charge is 2.28. The lowest BCUT2D eigenvalue weighted by molar-refractivity contribution is 0.0903. The van der Waals surface area contributed by atoms with E-state index in [0.717, 1.165) is 24.4 Å². The Balaban J connectivity index is 1.75. The number of hydrogen-bond donors (Lipinski definition) is 0. The molecule has 0 radical (unpaired) electrons. The van der Waals surface area contributed by atoms with Gasteiger partial charge >= 0.3 is 0 Å². The molecule has 0 spiro atoms. The second kappa shape index (κ2) is 6.71. The summed E-state index contributed by atoms with van der Waals surface area (Å²) in [7, 11) is 1.65. The standard InChI is InChI=1S/C18H25N3O2/c1-12-9-13(2)11-21(10-12)14(3)17-19-20-18(23-17)15-5-7-16(22-4)8-6-15/h5-8,12-14H,9-11H2,1-4H3/t12-,13+,14-/m1/s1. The van der Waals surface area contributed by atoms with Crippen molar-refractivity contribution in [1.29, 1.82) is 0 Å². The minimum atomic E-state index is 0.152. The first-order chi connectivity index (χ1) is 11.1. The molecule has 0 saturated carbocycles. The van der Waals surface area contributed by atoms with E-state index in [1.54, 1.807) is 7.11 Å². The van der Waals surface area contributed by atoms with Gasteiger partial charge in [0.25, 0.3) is 0 Å². The molecular formula is C18H25N3O2. The number of aromatic nitrogens is 2. The average Bonchev–Trinajstić information content (AvgIpc) is 3.03. The van der Waals surface area contributed by atoms with Gasteiger partial charge in [-0.3, -0.25) is 4.90 Å². The number of likely N-dealkylation sites (tertiary alicyclic amines) is 1. The molecule has 3 rings (SSSR count). The summed E-state index contributed by atoms with van der Waals surface area (Å²) in [6.45, 7) is 8.95. The minimum absolute atomic E-state index is 0.152. The van der Waals surface area contributed by atoms with Gasteiger partial charge < -0.3 is 9.15 Å². The number of benzene rings is 1. The maximum absolute atomic E-state index is 5.92. The summed E-state index contributed by atoms with van der Waals surface area (Å²) in [5, 5.41) is 8.48. The molecule has 3 atom stereocenters. The van der Waals surface area contributed by atoms with Gasteiger partial charge in [0.1, 0.15) is 5.75 Å². The summed E-state index contributed by atoms with van der Waals surface area (Å²) < 4.78 is 11.1. The monoisotopic (exact) mass is 315 g/mol. The van der Waals surface area contributed by atoms with Crippen LogP contribution in [0.2, 0.25) is 0 Å². The first-order valence-electron chi connectivity index (χ1n) is 8.28. The molecule has 23 heavy (non-hydrogen) atoms. The normalized spacial score (nSPS) is 23.7. The molecule has 1 aliphatic rings. The zero-order valence-corrected chi connectivity index (χ0v) is 14.3. The third-order valence-corrected chi connectivity index (χ3v) is 4.58.